The van der Waals surface area contributed by atoms with Gasteiger partial charge >= 0.3 is 0 Å². The molecule has 4 heteroatoms. The van der Waals surface area contributed by atoms with Crippen LogP contribution in [0.15, 0.2) is 4.99 Å². The van der Waals surface area contributed by atoms with Gasteiger partial charge in [-0.25, -0.2) is 0 Å². The van der Waals surface area contributed by atoms with Gasteiger partial charge in [0, 0.05) is 32.2 Å². The molecule has 1 rings (SSSR count). The summed E-state index contributed by atoms with van der Waals surface area (Å²) in [6, 6.07) is 0.857. The molecule has 112 valence electrons. The molecule has 1 aliphatic rings. The van der Waals surface area contributed by atoms with Crippen LogP contribution < -0.4 is 10.6 Å². The maximum absolute atomic E-state index is 4.61. The van der Waals surface area contributed by atoms with Crippen LogP contribution in [0.3, 0.4) is 0 Å². The fourth-order valence-electron chi connectivity index (χ4n) is 2.25. The first-order valence-electron chi connectivity index (χ1n) is 8.08. The maximum Gasteiger partial charge on any atom is 0.191 e. The van der Waals surface area contributed by atoms with Crippen molar-refractivity contribution in [2.24, 2.45) is 4.99 Å². The fraction of sp³-hybridized carbons (Fsp3) is 0.933. The molecule has 2 N–H and O–H groups in total. The highest BCUT2D eigenvalue weighted by molar-refractivity contribution is 5.79. The van der Waals surface area contributed by atoms with E-state index in [1.54, 1.807) is 0 Å². The van der Waals surface area contributed by atoms with Crippen LogP contribution in [0.2, 0.25) is 0 Å². The van der Waals surface area contributed by atoms with Crippen LogP contribution in [0, 0.1) is 0 Å². The van der Waals surface area contributed by atoms with E-state index in [1.165, 1.54) is 32.1 Å². The lowest BCUT2D eigenvalue weighted by atomic mass is 10.2. The number of nitrogens with zero attached hydrogens (tertiary/aromatic N) is 2. The largest absolute Gasteiger partial charge is 0.357 e. The summed E-state index contributed by atoms with van der Waals surface area (Å²) in [6.07, 6.45) is 6.49. The number of likely N-dealkylation sites (N-methyl/N-ethyl adjacent to an activating group) is 1. The predicted octanol–water partition coefficient (Wildman–Crippen LogP) is 2.22. The van der Waals surface area contributed by atoms with E-state index in [0.717, 1.165) is 44.7 Å². The molecule has 0 bridgehead atoms. The Morgan fingerprint density at radius 3 is 2.53 bits per heavy atom. The summed E-state index contributed by atoms with van der Waals surface area (Å²) >= 11 is 0. The van der Waals surface area contributed by atoms with Crippen molar-refractivity contribution in [3.63, 3.8) is 0 Å². The first-order chi connectivity index (χ1) is 9.31. The SMILES string of the molecule is CCCCCN=C(NCC)NCCN(CC)C1CC1. The van der Waals surface area contributed by atoms with E-state index in [9.17, 15) is 0 Å². The standard InChI is InChI=1S/C15H32N4/c1-4-7-8-11-17-15(16-5-2)18-12-13-19(6-3)14-9-10-14/h14H,4-13H2,1-3H3,(H2,16,17,18). The number of unbranched alkanes of at least 4 members (excludes halogenated alkanes) is 2. The van der Waals surface area contributed by atoms with Gasteiger partial charge < -0.3 is 10.6 Å². The second-order valence-corrected chi connectivity index (χ2v) is 5.25. The highest BCUT2D eigenvalue weighted by Gasteiger charge is 2.27. The number of nitrogens with one attached hydrogen (secondary N) is 2. The third-order valence-electron chi connectivity index (χ3n) is 3.54. The van der Waals surface area contributed by atoms with Gasteiger partial charge in [0.2, 0.25) is 0 Å². The van der Waals surface area contributed by atoms with Crippen molar-refractivity contribution >= 4 is 5.96 Å². The number of aliphatic imine (C=N–C) groups is 1. The van der Waals surface area contributed by atoms with E-state index in [0.29, 0.717) is 0 Å². The molecule has 1 aliphatic carbocycles. The second kappa shape index (κ2) is 10.1. The topological polar surface area (TPSA) is 39.7 Å². The summed E-state index contributed by atoms with van der Waals surface area (Å²) in [4.78, 5) is 7.17. The van der Waals surface area contributed by atoms with Gasteiger partial charge in [-0.3, -0.25) is 9.89 Å². The van der Waals surface area contributed by atoms with E-state index in [-0.39, 0.29) is 0 Å². The Morgan fingerprint density at radius 2 is 1.95 bits per heavy atom. The zero-order chi connectivity index (χ0) is 13.9. The third kappa shape index (κ3) is 7.41. The van der Waals surface area contributed by atoms with Gasteiger partial charge in [-0.15, -0.1) is 0 Å². The van der Waals surface area contributed by atoms with Crippen molar-refractivity contribution in [1.82, 2.24) is 15.5 Å². The van der Waals surface area contributed by atoms with Gasteiger partial charge in [0.05, 0.1) is 0 Å². The molecule has 0 atom stereocenters. The van der Waals surface area contributed by atoms with Crippen molar-refractivity contribution in [2.45, 2.75) is 58.9 Å². The Kier molecular flexibility index (Phi) is 8.63. The van der Waals surface area contributed by atoms with E-state index in [1.807, 2.05) is 0 Å². The normalized spacial score (nSPS) is 15.9. The lowest BCUT2D eigenvalue weighted by molar-refractivity contribution is 0.282. The van der Waals surface area contributed by atoms with Crippen LogP contribution in [-0.4, -0.2) is 49.6 Å². The van der Waals surface area contributed by atoms with E-state index < -0.39 is 0 Å². The molecule has 1 fully saturated rings. The van der Waals surface area contributed by atoms with Crippen molar-refractivity contribution in [3.05, 3.63) is 0 Å². The van der Waals surface area contributed by atoms with Gasteiger partial charge in [0.15, 0.2) is 5.96 Å². The molecule has 0 spiro atoms. The highest BCUT2D eigenvalue weighted by Crippen LogP contribution is 2.25. The minimum absolute atomic E-state index is 0.857. The molecule has 0 aromatic carbocycles. The van der Waals surface area contributed by atoms with Crippen LogP contribution >= 0.6 is 0 Å². The minimum Gasteiger partial charge on any atom is -0.357 e. The Bertz CT molecular complexity index is 249. The van der Waals surface area contributed by atoms with Gasteiger partial charge in [0.25, 0.3) is 0 Å². The Morgan fingerprint density at radius 1 is 1.16 bits per heavy atom. The molecule has 4 nitrogen and oxygen atoms in total. The van der Waals surface area contributed by atoms with Crippen LogP contribution in [0.25, 0.3) is 0 Å². The first-order valence-corrected chi connectivity index (χ1v) is 8.08. The number of hydrogen-bond donors (Lipinski definition) is 2. The van der Waals surface area contributed by atoms with Crippen LogP contribution in [0.4, 0.5) is 0 Å². The average molecular weight is 268 g/mol. The summed E-state index contributed by atoms with van der Waals surface area (Å²) in [5, 5.41) is 6.76. The smallest absolute Gasteiger partial charge is 0.191 e. The van der Waals surface area contributed by atoms with Crippen molar-refractivity contribution in [3.8, 4) is 0 Å². The van der Waals surface area contributed by atoms with E-state index >= 15 is 0 Å². The summed E-state index contributed by atoms with van der Waals surface area (Å²) in [5.74, 6) is 0.977. The molecule has 1 saturated carbocycles. The second-order valence-electron chi connectivity index (χ2n) is 5.25. The Labute approximate surface area is 119 Å². The summed E-state index contributed by atoms with van der Waals surface area (Å²) in [7, 11) is 0. The number of guanidine groups is 1. The van der Waals surface area contributed by atoms with E-state index in [4.69, 9.17) is 0 Å². The Hall–Kier alpha value is -0.770. The molecule has 0 aliphatic heterocycles. The molecule has 0 aromatic heterocycles. The molecule has 19 heavy (non-hydrogen) atoms. The van der Waals surface area contributed by atoms with E-state index in [2.05, 4.69) is 41.3 Å². The minimum atomic E-state index is 0.857. The highest BCUT2D eigenvalue weighted by atomic mass is 15.2. The monoisotopic (exact) mass is 268 g/mol. The van der Waals surface area contributed by atoms with Gasteiger partial charge in [-0.1, -0.05) is 26.7 Å². The molecule has 0 heterocycles. The first kappa shape index (κ1) is 16.3. The van der Waals surface area contributed by atoms with Crippen molar-refractivity contribution in [2.75, 3.05) is 32.7 Å². The Balaban J connectivity index is 2.19. The number of hydrogen-bond acceptors (Lipinski definition) is 2. The van der Waals surface area contributed by atoms with Crippen molar-refractivity contribution < 1.29 is 0 Å². The molecule has 0 aromatic rings. The lowest BCUT2D eigenvalue weighted by Gasteiger charge is -2.20. The van der Waals surface area contributed by atoms with Crippen molar-refractivity contribution in [1.29, 1.82) is 0 Å². The lowest BCUT2D eigenvalue weighted by Crippen LogP contribution is -2.42. The molecule has 0 amide bonds. The molecule has 0 radical (unpaired) electrons. The summed E-state index contributed by atoms with van der Waals surface area (Å²) in [6.45, 7) is 11.7. The van der Waals surface area contributed by atoms with Gasteiger partial charge in [-0.05, 0) is 32.7 Å². The maximum atomic E-state index is 4.61. The predicted molar refractivity (Wildman–Crippen MR) is 83.8 cm³/mol. The van der Waals surface area contributed by atoms with Crippen LogP contribution in [-0.2, 0) is 0 Å². The molecule has 0 saturated heterocycles. The van der Waals surface area contributed by atoms with Crippen LogP contribution in [0.1, 0.15) is 52.9 Å². The van der Waals surface area contributed by atoms with Crippen LogP contribution in [0.5, 0.6) is 0 Å². The fourth-order valence-corrected chi connectivity index (χ4v) is 2.25. The molecular formula is C15H32N4. The zero-order valence-corrected chi connectivity index (χ0v) is 13.0. The summed E-state index contributed by atoms with van der Waals surface area (Å²) in [5.41, 5.74) is 0. The molecule has 0 unspecified atom stereocenters. The quantitative estimate of drug-likeness (QED) is 0.362. The van der Waals surface area contributed by atoms with Gasteiger partial charge in [0.1, 0.15) is 0 Å². The molecular weight excluding hydrogens is 236 g/mol. The summed E-state index contributed by atoms with van der Waals surface area (Å²) < 4.78 is 0. The number of rotatable bonds is 10. The average Bonchev–Trinajstić information content (AvgIpc) is 3.24. The van der Waals surface area contributed by atoms with Gasteiger partial charge in [-0.2, -0.15) is 0 Å². The third-order valence-corrected chi connectivity index (χ3v) is 3.54. The zero-order valence-electron chi connectivity index (χ0n) is 13.0.